The Kier molecular flexibility index (Phi) is 4.85. The van der Waals surface area contributed by atoms with Gasteiger partial charge in [0.1, 0.15) is 17.0 Å². The van der Waals surface area contributed by atoms with E-state index in [-0.39, 0.29) is 11.2 Å². The van der Waals surface area contributed by atoms with Crippen LogP contribution < -0.4 is 0 Å². The molecule has 2 aromatic heterocycles. The summed E-state index contributed by atoms with van der Waals surface area (Å²) in [5.74, 6) is 0.151. The Bertz CT molecular complexity index is 1440. The van der Waals surface area contributed by atoms with Crippen molar-refractivity contribution in [3.05, 3.63) is 90.4 Å². The van der Waals surface area contributed by atoms with Gasteiger partial charge in [0.15, 0.2) is 0 Å². The molecule has 160 valence electrons. The van der Waals surface area contributed by atoms with Crippen molar-refractivity contribution >= 4 is 21.9 Å². The van der Waals surface area contributed by atoms with Gasteiger partial charge in [-0.05, 0) is 70.5 Å². The third-order valence-electron chi connectivity index (χ3n) is 6.52. The summed E-state index contributed by atoms with van der Waals surface area (Å²) >= 11 is 0. The lowest BCUT2D eigenvalue weighted by atomic mass is 9.78. The molecule has 0 saturated heterocycles. The second-order valence-corrected chi connectivity index (χ2v) is 9.57. The Hall–Kier alpha value is -3.46. The standard InChI is InChI=1S/C29H26FNO/c1-18(29(2,3)4)19-13-14-31-26(16-19)25-10-6-9-24-23-12-11-21(17-27(23)32-28(24)25)20-7-5-8-22(30)15-20/h5-18H,1-4H3. The zero-order valence-corrected chi connectivity index (χ0v) is 18.8. The van der Waals surface area contributed by atoms with E-state index in [9.17, 15) is 4.39 Å². The van der Waals surface area contributed by atoms with Gasteiger partial charge in [-0.1, -0.05) is 58.0 Å². The number of hydrogen-bond donors (Lipinski definition) is 0. The van der Waals surface area contributed by atoms with Gasteiger partial charge in [-0.2, -0.15) is 0 Å². The lowest BCUT2D eigenvalue weighted by molar-refractivity contribution is 0.339. The average Bonchev–Trinajstić information content (AvgIpc) is 3.16. The van der Waals surface area contributed by atoms with Crippen LogP contribution in [0.3, 0.4) is 0 Å². The number of furan rings is 1. The molecule has 0 saturated carbocycles. The monoisotopic (exact) mass is 423 g/mol. The van der Waals surface area contributed by atoms with Crippen LogP contribution in [0.4, 0.5) is 4.39 Å². The van der Waals surface area contributed by atoms with E-state index in [1.54, 1.807) is 12.1 Å². The van der Waals surface area contributed by atoms with E-state index >= 15 is 0 Å². The summed E-state index contributed by atoms with van der Waals surface area (Å²) in [7, 11) is 0. The first-order chi connectivity index (χ1) is 15.3. The molecule has 1 unspecified atom stereocenters. The van der Waals surface area contributed by atoms with Crippen LogP contribution >= 0.6 is 0 Å². The molecule has 3 heteroatoms. The molecule has 0 N–H and O–H groups in total. The first-order valence-corrected chi connectivity index (χ1v) is 11.0. The van der Waals surface area contributed by atoms with E-state index in [2.05, 4.69) is 69.1 Å². The summed E-state index contributed by atoms with van der Waals surface area (Å²) in [6.45, 7) is 9.03. The molecular formula is C29H26FNO. The Morgan fingerprint density at radius 3 is 2.41 bits per heavy atom. The van der Waals surface area contributed by atoms with Crippen LogP contribution in [-0.4, -0.2) is 4.98 Å². The number of nitrogens with zero attached hydrogens (tertiary/aromatic N) is 1. The maximum absolute atomic E-state index is 13.7. The highest BCUT2D eigenvalue weighted by molar-refractivity contribution is 6.10. The Morgan fingerprint density at radius 2 is 1.62 bits per heavy atom. The first kappa shape index (κ1) is 20.4. The highest BCUT2D eigenvalue weighted by Crippen LogP contribution is 2.39. The Morgan fingerprint density at radius 1 is 0.844 bits per heavy atom. The summed E-state index contributed by atoms with van der Waals surface area (Å²) < 4.78 is 20.1. The molecule has 32 heavy (non-hydrogen) atoms. The second-order valence-electron chi connectivity index (χ2n) is 9.57. The maximum atomic E-state index is 13.7. The molecule has 2 heterocycles. The van der Waals surface area contributed by atoms with Crippen LogP contribution in [0.25, 0.3) is 44.3 Å². The molecule has 0 aliphatic carbocycles. The van der Waals surface area contributed by atoms with Crippen LogP contribution in [-0.2, 0) is 0 Å². The van der Waals surface area contributed by atoms with Gasteiger partial charge in [0.25, 0.3) is 0 Å². The molecular weight excluding hydrogens is 397 g/mol. The van der Waals surface area contributed by atoms with Crippen LogP contribution in [0.1, 0.15) is 39.2 Å². The molecule has 0 fully saturated rings. The minimum Gasteiger partial charge on any atom is -0.455 e. The third-order valence-corrected chi connectivity index (χ3v) is 6.52. The topological polar surface area (TPSA) is 26.0 Å². The predicted octanol–water partition coefficient (Wildman–Crippen LogP) is 8.60. The van der Waals surface area contributed by atoms with Crippen molar-refractivity contribution in [2.24, 2.45) is 5.41 Å². The molecule has 0 aliphatic rings. The molecule has 0 aliphatic heterocycles. The van der Waals surface area contributed by atoms with Crippen molar-refractivity contribution in [3.8, 4) is 22.4 Å². The summed E-state index contributed by atoms with van der Waals surface area (Å²) in [6, 6.07) is 23.2. The van der Waals surface area contributed by atoms with E-state index < -0.39 is 0 Å². The van der Waals surface area contributed by atoms with Crippen LogP contribution in [0, 0.1) is 11.2 Å². The Labute approximate surface area is 187 Å². The quantitative estimate of drug-likeness (QED) is 0.290. The summed E-state index contributed by atoms with van der Waals surface area (Å²) in [6.07, 6.45) is 1.89. The number of fused-ring (bicyclic) bond motifs is 3. The molecule has 1 atom stereocenters. The van der Waals surface area contributed by atoms with E-state index in [1.807, 2.05) is 24.4 Å². The van der Waals surface area contributed by atoms with E-state index in [0.29, 0.717) is 5.92 Å². The largest absolute Gasteiger partial charge is 0.455 e. The first-order valence-electron chi connectivity index (χ1n) is 11.0. The molecule has 2 nitrogen and oxygen atoms in total. The minimum atomic E-state index is -0.245. The van der Waals surface area contributed by atoms with Gasteiger partial charge < -0.3 is 4.42 Å². The fourth-order valence-electron chi connectivity index (χ4n) is 4.21. The molecule has 5 aromatic rings. The van der Waals surface area contributed by atoms with Gasteiger partial charge in [0.2, 0.25) is 0 Å². The predicted molar refractivity (Wildman–Crippen MR) is 130 cm³/mol. The van der Waals surface area contributed by atoms with E-state index in [0.717, 1.165) is 44.3 Å². The zero-order chi connectivity index (χ0) is 22.5. The van der Waals surface area contributed by atoms with Crippen molar-refractivity contribution < 1.29 is 8.81 Å². The summed E-state index contributed by atoms with van der Waals surface area (Å²) in [5, 5.41) is 2.10. The smallest absolute Gasteiger partial charge is 0.144 e. The Balaban J connectivity index is 1.65. The van der Waals surface area contributed by atoms with Gasteiger partial charge in [-0.25, -0.2) is 4.39 Å². The van der Waals surface area contributed by atoms with Gasteiger partial charge in [0.05, 0.1) is 5.69 Å². The highest BCUT2D eigenvalue weighted by atomic mass is 19.1. The number of benzene rings is 3. The molecule has 0 amide bonds. The number of halogens is 1. The highest BCUT2D eigenvalue weighted by Gasteiger charge is 2.22. The van der Waals surface area contributed by atoms with Gasteiger partial charge >= 0.3 is 0 Å². The van der Waals surface area contributed by atoms with Gasteiger partial charge in [-0.3, -0.25) is 4.98 Å². The van der Waals surface area contributed by atoms with Crippen LogP contribution in [0.2, 0.25) is 0 Å². The summed E-state index contributed by atoms with van der Waals surface area (Å²) in [4.78, 5) is 4.67. The van der Waals surface area contributed by atoms with Crippen LogP contribution in [0.15, 0.2) is 83.4 Å². The maximum Gasteiger partial charge on any atom is 0.144 e. The number of pyridine rings is 1. The van der Waals surface area contributed by atoms with Crippen molar-refractivity contribution in [2.45, 2.75) is 33.6 Å². The third kappa shape index (κ3) is 3.58. The molecule has 0 radical (unpaired) electrons. The van der Waals surface area contributed by atoms with Crippen molar-refractivity contribution in [1.29, 1.82) is 0 Å². The van der Waals surface area contributed by atoms with Crippen molar-refractivity contribution in [2.75, 3.05) is 0 Å². The van der Waals surface area contributed by atoms with E-state index in [4.69, 9.17) is 4.42 Å². The normalized spacial score (nSPS) is 13.0. The molecule has 3 aromatic carbocycles. The number of para-hydroxylation sites is 1. The summed E-state index contributed by atoms with van der Waals surface area (Å²) in [5.41, 5.74) is 6.69. The van der Waals surface area contributed by atoms with Crippen LogP contribution in [0.5, 0.6) is 0 Å². The minimum absolute atomic E-state index is 0.164. The SMILES string of the molecule is CC(c1ccnc(-c2cccc3c2oc2cc(-c4cccc(F)c4)ccc23)c1)C(C)(C)C. The zero-order valence-electron chi connectivity index (χ0n) is 18.8. The van der Waals surface area contributed by atoms with Gasteiger partial charge in [-0.15, -0.1) is 0 Å². The molecule has 5 rings (SSSR count). The number of rotatable bonds is 3. The average molecular weight is 424 g/mol. The fraction of sp³-hybridized carbons (Fsp3) is 0.207. The second kappa shape index (κ2) is 7.59. The lowest BCUT2D eigenvalue weighted by Gasteiger charge is -2.27. The lowest BCUT2D eigenvalue weighted by Crippen LogP contribution is -2.15. The van der Waals surface area contributed by atoms with Crippen molar-refractivity contribution in [3.63, 3.8) is 0 Å². The van der Waals surface area contributed by atoms with Gasteiger partial charge in [0, 0.05) is 22.5 Å². The number of hydrogen-bond acceptors (Lipinski definition) is 2. The fourth-order valence-corrected chi connectivity index (χ4v) is 4.21. The van der Waals surface area contributed by atoms with E-state index in [1.165, 1.54) is 11.6 Å². The molecule has 0 spiro atoms. The number of aromatic nitrogens is 1. The molecule has 0 bridgehead atoms. The van der Waals surface area contributed by atoms with Crippen molar-refractivity contribution in [1.82, 2.24) is 4.98 Å².